The lowest BCUT2D eigenvalue weighted by Crippen LogP contribution is -2.37. The lowest BCUT2D eigenvalue weighted by atomic mass is 9.94. The minimum atomic E-state index is -0.162. The fourth-order valence-electron chi connectivity index (χ4n) is 6.65. The fourth-order valence-corrected chi connectivity index (χ4v) is 6.65. The molecule has 306 valence electrons. The molecule has 8 nitrogen and oxygen atoms in total. The molecule has 0 aliphatic rings. The van der Waals surface area contributed by atoms with Gasteiger partial charge in [0.2, 0.25) is 11.8 Å². The van der Waals surface area contributed by atoms with Crippen molar-refractivity contribution in [2.24, 2.45) is 11.8 Å². The Balaban J connectivity index is 3.87. The van der Waals surface area contributed by atoms with Crippen LogP contribution in [0.3, 0.4) is 0 Å². The number of hydrogen-bond donors (Lipinski definition) is 2. The standard InChI is InChI=1S/C44H84N2O6/c1-5-9-13-16-18-25-33-40(32-24-15-11-7-3)44(50)52-37-29-22-20-27-35-45-42(48)38-46-41(47)34-26-19-17-21-28-36-51-43(49)39(30-12-8-4)31-23-14-10-6-2/h39-40H,5-38H2,1-4H3,(H,45,48)(H,46,47). The molecule has 0 radical (unpaired) electrons. The summed E-state index contributed by atoms with van der Waals surface area (Å²) in [5.41, 5.74) is 0. The van der Waals surface area contributed by atoms with Crippen molar-refractivity contribution >= 4 is 23.8 Å². The summed E-state index contributed by atoms with van der Waals surface area (Å²) in [5, 5.41) is 5.61. The molecule has 52 heavy (non-hydrogen) atoms. The molecule has 0 aromatic carbocycles. The molecular formula is C44H84N2O6. The van der Waals surface area contributed by atoms with Gasteiger partial charge >= 0.3 is 11.9 Å². The van der Waals surface area contributed by atoms with Crippen molar-refractivity contribution in [3.63, 3.8) is 0 Å². The normalized spacial score (nSPS) is 12.3. The average molecular weight is 737 g/mol. The first-order valence-corrected chi connectivity index (χ1v) is 22.3. The summed E-state index contributed by atoms with van der Waals surface area (Å²) in [6.45, 7) is 10.4. The van der Waals surface area contributed by atoms with Crippen LogP contribution >= 0.6 is 0 Å². The number of amides is 2. The van der Waals surface area contributed by atoms with E-state index in [1.165, 1.54) is 70.6 Å². The van der Waals surface area contributed by atoms with E-state index < -0.39 is 0 Å². The highest BCUT2D eigenvalue weighted by molar-refractivity contribution is 5.84. The quantitative estimate of drug-likeness (QED) is 0.0480. The summed E-state index contributed by atoms with van der Waals surface area (Å²) in [6, 6.07) is 0. The predicted molar refractivity (Wildman–Crippen MR) is 216 cm³/mol. The number of nitrogens with one attached hydrogen (secondary N) is 2. The van der Waals surface area contributed by atoms with Crippen molar-refractivity contribution in [2.75, 3.05) is 26.3 Å². The van der Waals surface area contributed by atoms with E-state index in [1.54, 1.807) is 0 Å². The van der Waals surface area contributed by atoms with Crippen molar-refractivity contribution in [1.82, 2.24) is 10.6 Å². The Morgan fingerprint density at radius 3 is 1.29 bits per heavy atom. The molecule has 2 unspecified atom stereocenters. The molecule has 0 heterocycles. The van der Waals surface area contributed by atoms with Crippen LogP contribution in [-0.2, 0) is 28.7 Å². The Kier molecular flexibility index (Phi) is 37.0. The maximum Gasteiger partial charge on any atom is 0.308 e. The van der Waals surface area contributed by atoms with E-state index in [-0.39, 0.29) is 42.1 Å². The molecule has 2 N–H and O–H groups in total. The van der Waals surface area contributed by atoms with Gasteiger partial charge in [-0.05, 0) is 57.8 Å². The van der Waals surface area contributed by atoms with E-state index in [0.717, 1.165) is 116 Å². The van der Waals surface area contributed by atoms with Crippen molar-refractivity contribution in [1.29, 1.82) is 0 Å². The first kappa shape index (κ1) is 49.9. The van der Waals surface area contributed by atoms with Gasteiger partial charge in [-0.15, -0.1) is 0 Å². The van der Waals surface area contributed by atoms with Crippen LogP contribution in [0, 0.1) is 11.8 Å². The highest BCUT2D eigenvalue weighted by atomic mass is 16.5. The Morgan fingerprint density at radius 1 is 0.404 bits per heavy atom. The molecule has 0 rings (SSSR count). The number of unbranched alkanes of at least 4 members (excludes halogenated alkanes) is 19. The Morgan fingerprint density at radius 2 is 0.788 bits per heavy atom. The van der Waals surface area contributed by atoms with E-state index in [0.29, 0.717) is 26.2 Å². The number of rotatable bonds is 39. The summed E-state index contributed by atoms with van der Waals surface area (Å²) in [4.78, 5) is 49.7. The van der Waals surface area contributed by atoms with Gasteiger partial charge in [-0.25, -0.2) is 0 Å². The highest BCUT2D eigenvalue weighted by Crippen LogP contribution is 2.21. The molecular weight excluding hydrogens is 652 g/mol. The second kappa shape index (κ2) is 38.6. The van der Waals surface area contributed by atoms with Gasteiger partial charge in [-0.1, -0.05) is 156 Å². The minimum Gasteiger partial charge on any atom is -0.465 e. The van der Waals surface area contributed by atoms with Gasteiger partial charge in [0.25, 0.3) is 0 Å². The maximum atomic E-state index is 12.8. The van der Waals surface area contributed by atoms with Gasteiger partial charge in [0.1, 0.15) is 0 Å². The second-order valence-electron chi connectivity index (χ2n) is 15.2. The van der Waals surface area contributed by atoms with Gasteiger partial charge < -0.3 is 20.1 Å². The summed E-state index contributed by atoms with van der Waals surface area (Å²) < 4.78 is 11.3. The van der Waals surface area contributed by atoms with Crippen molar-refractivity contribution < 1.29 is 28.7 Å². The van der Waals surface area contributed by atoms with Crippen molar-refractivity contribution in [2.45, 2.75) is 220 Å². The molecule has 0 aliphatic heterocycles. The first-order chi connectivity index (χ1) is 25.4. The van der Waals surface area contributed by atoms with Crippen LogP contribution in [0.2, 0.25) is 0 Å². The predicted octanol–water partition coefficient (Wildman–Crippen LogP) is 11.3. The van der Waals surface area contributed by atoms with E-state index in [4.69, 9.17) is 9.47 Å². The second-order valence-corrected chi connectivity index (χ2v) is 15.2. The number of esters is 2. The average Bonchev–Trinajstić information content (AvgIpc) is 3.14. The fraction of sp³-hybridized carbons (Fsp3) is 0.909. The molecule has 8 heteroatoms. The number of carbonyl (C=O) groups excluding carboxylic acids is 4. The van der Waals surface area contributed by atoms with Gasteiger partial charge in [0.15, 0.2) is 0 Å². The zero-order valence-electron chi connectivity index (χ0n) is 34.6. The molecule has 0 saturated heterocycles. The molecule has 2 amide bonds. The smallest absolute Gasteiger partial charge is 0.308 e. The zero-order chi connectivity index (χ0) is 38.3. The molecule has 0 saturated carbocycles. The van der Waals surface area contributed by atoms with E-state index in [9.17, 15) is 19.2 Å². The number of carbonyl (C=O) groups is 4. The summed E-state index contributed by atoms with van der Waals surface area (Å²) in [5.74, 6) is -0.181. The lowest BCUT2D eigenvalue weighted by Gasteiger charge is -2.16. The highest BCUT2D eigenvalue weighted by Gasteiger charge is 2.20. The zero-order valence-corrected chi connectivity index (χ0v) is 34.6. The molecule has 0 spiro atoms. The van der Waals surface area contributed by atoms with E-state index >= 15 is 0 Å². The summed E-state index contributed by atoms with van der Waals surface area (Å²) >= 11 is 0. The summed E-state index contributed by atoms with van der Waals surface area (Å²) in [6.07, 6.45) is 31.6. The van der Waals surface area contributed by atoms with Crippen LogP contribution < -0.4 is 10.6 Å². The van der Waals surface area contributed by atoms with Crippen LogP contribution in [0.1, 0.15) is 220 Å². The molecule has 2 atom stereocenters. The monoisotopic (exact) mass is 737 g/mol. The minimum absolute atomic E-state index is 0.00623. The largest absolute Gasteiger partial charge is 0.465 e. The van der Waals surface area contributed by atoms with Gasteiger partial charge in [0.05, 0.1) is 31.6 Å². The molecule has 0 aromatic rings. The van der Waals surface area contributed by atoms with Crippen LogP contribution in [0.15, 0.2) is 0 Å². The Hall–Kier alpha value is -2.12. The summed E-state index contributed by atoms with van der Waals surface area (Å²) in [7, 11) is 0. The Bertz CT molecular complexity index is 851. The van der Waals surface area contributed by atoms with Crippen LogP contribution in [0.5, 0.6) is 0 Å². The Labute approximate surface area is 320 Å². The van der Waals surface area contributed by atoms with Gasteiger partial charge in [-0.2, -0.15) is 0 Å². The van der Waals surface area contributed by atoms with Crippen molar-refractivity contribution in [3.8, 4) is 0 Å². The number of hydrogen-bond acceptors (Lipinski definition) is 6. The SMILES string of the molecule is CCCCCCCCC(CCCCCC)C(=O)OCCCCCCNC(=O)CNC(=O)CCCCCCCOC(=O)C(CCCC)CCCCCC. The molecule has 0 bridgehead atoms. The topological polar surface area (TPSA) is 111 Å². The maximum absolute atomic E-state index is 12.8. The van der Waals surface area contributed by atoms with Crippen LogP contribution in [-0.4, -0.2) is 50.1 Å². The third kappa shape index (κ3) is 32.5. The molecule has 0 fully saturated rings. The molecule has 0 aromatic heterocycles. The third-order valence-corrected chi connectivity index (χ3v) is 10.2. The van der Waals surface area contributed by atoms with Crippen LogP contribution in [0.4, 0.5) is 0 Å². The van der Waals surface area contributed by atoms with Gasteiger partial charge in [-0.3, -0.25) is 19.2 Å². The van der Waals surface area contributed by atoms with E-state index in [2.05, 4.69) is 38.3 Å². The van der Waals surface area contributed by atoms with Crippen molar-refractivity contribution in [3.05, 3.63) is 0 Å². The molecule has 0 aliphatic carbocycles. The first-order valence-electron chi connectivity index (χ1n) is 22.3. The van der Waals surface area contributed by atoms with E-state index in [1.807, 2.05) is 0 Å². The van der Waals surface area contributed by atoms with Gasteiger partial charge in [0, 0.05) is 13.0 Å². The lowest BCUT2D eigenvalue weighted by molar-refractivity contribution is -0.150. The third-order valence-electron chi connectivity index (χ3n) is 10.2. The van der Waals surface area contributed by atoms with Crippen LogP contribution in [0.25, 0.3) is 0 Å². The number of ether oxygens (including phenoxy) is 2.